The summed E-state index contributed by atoms with van der Waals surface area (Å²) in [6, 6.07) is 18.4. The second-order valence-corrected chi connectivity index (χ2v) is 17.4. The van der Waals surface area contributed by atoms with E-state index in [1.807, 2.05) is 16.9 Å². The molecule has 0 radical (unpaired) electrons. The number of carbonyl (C=O) groups is 1. The second-order valence-electron chi connectivity index (χ2n) is 15.3. The standard InChI is InChI=1S/C41H41ClF3N7O6S/c1-41(2)13-11-27(33(22-41)25-3-5-28(42)6-4-25)24-50-15-17-51(18-16-50)29-7-9-32(36(20-29)58-30-19-26-12-14-46-39(26)47-23-30)40(53)49-59(56,57)31-8-10-34(35(21-31)52(54)55)48-38(45)37(43)44/h3-10,12,14,19-21,23,37-38,48H,11,13,15-18,22,24H2,1-2H3,(H,46,47)(H,49,53). The van der Waals surface area contributed by atoms with E-state index in [9.17, 15) is 36.5 Å². The zero-order valence-corrected chi connectivity index (χ0v) is 33.6. The number of rotatable bonds is 13. The molecule has 310 valence electrons. The number of sulfonamides is 1. The lowest BCUT2D eigenvalue weighted by Crippen LogP contribution is -2.47. The fraction of sp³-hybridized carbons (Fsp3) is 0.317. The van der Waals surface area contributed by atoms with E-state index in [0.29, 0.717) is 29.8 Å². The van der Waals surface area contributed by atoms with Crippen molar-refractivity contribution in [1.29, 1.82) is 0 Å². The van der Waals surface area contributed by atoms with Crippen LogP contribution in [0.1, 0.15) is 49.0 Å². The van der Waals surface area contributed by atoms with Crippen molar-refractivity contribution in [2.45, 2.75) is 50.7 Å². The number of hydrogen-bond acceptors (Lipinski definition) is 10. The van der Waals surface area contributed by atoms with Gasteiger partial charge in [-0.05, 0) is 84.3 Å². The molecule has 59 heavy (non-hydrogen) atoms. The van der Waals surface area contributed by atoms with Crippen LogP contribution in [0.2, 0.25) is 5.02 Å². The van der Waals surface area contributed by atoms with Crippen molar-refractivity contribution >= 4 is 61.2 Å². The largest absolute Gasteiger partial charge is 0.455 e. The minimum absolute atomic E-state index is 0.0170. The maximum atomic E-state index is 13.7. The van der Waals surface area contributed by atoms with Crippen LogP contribution in [0.25, 0.3) is 16.6 Å². The number of alkyl halides is 3. The number of H-pyrrole nitrogens is 1. The lowest BCUT2D eigenvalue weighted by atomic mass is 9.72. The first-order valence-electron chi connectivity index (χ1n) is 18.8. The van der Waals surface area contributed by atoms with Gasteiger partial charge in [-0.3, -0.25) is 19.8 Å². The van der Waals surface area contributed by atoms with Crippen molar-refractivity contribution in [2.75, 3.05) is 42.9 Å². The minimum atomic E-state index is -4.79. The highest BCUT2D eigenvalue weighted by Gasteiger charge is 2.31. The summed E-state index contributed by atoms with van der Waals surface area (Å²) in [6.45, 7) is 8.30. The number of piperazine rings is 1. The summed E-state index contributed by atoms with van der Waals surface area (Å²) in [5.74, 6) is -0.827. The predicted octanol–water partition coefficient (Wildman–Crippen LogP) is 8.79. The number of nitro groups is 1. The molecule has 1 aliphatic heterocycles. The van der Waals surface area contributed by atoms with Crippen molar-refractivity contribution < 1.29 is 36.0 Å². The summed E-state index contributed by atoms with van der Waals surface area (Å²) in [5, 5.41) is 14.8. The number of halogens is 4. The van der Waals surface area contributed by atoms with Crippen LogP contribution in [0.5, 0.6) is 11.5 Å². The van der Waals surface area contributed by atoms with E-state index in [1.54, 1.807) is 35.8 Å². The van der Waals surface area contributed by atoms with Crippen molar-refractivity contribution in [3.05, 3.63) is 117 Å². The van der Waals surface area contributed by atoms with Gasteiger partial charge < -0.3 is 19.9 Å². The van der Waals surface area contributed by atoms with Crippen molar-refractivity contribution in [3.63, 3.8) is 0 Å². The first kappa shape index (κ1) is 41.5. The Balaban J connectivity index is 1.12. The molecule has 1 aliphatic carbocycles. The van der Waals surface area contributed by atoms with Gasteiger partial charge in [0.2, 0.25) is 6.30 Å². The average molecular weight is 852 g/mol. The number of nitrogens with zero attached hydrogens (tertiary/aromatic N) is 4. The van der Waals surface area contributed by atoms with Gasteiger partial charge in [-0.2, -0.15) is 0 Å². The van der Waals surface area contributed by atoms with E-state index in [1.165, 1.54) is 29.0 Å². The molecule has 1 atom stereocenters. The Hall–Kier alpha value is -5.65. The average Bonchev–Trinajstić information content (AvgIpc) is 3.67. The third kappa shape index (κ3) is 9.64. The highest BCUT2D eigenvalue weighted by atomic mass is 35.5. The monoisotopic (exact) mass is 851 g/mol. The van der Waals surface area contributed by atoms with Gasteiger partial charge in [-0.25, -0.2) is 31.3 Å². The molecule has 3 heterocycles. The molecule has 18 heteroatoms. The Labute approximate surface area is 343 Å². The van der Waals surface area contributed by atoms with Gasteiger partial charge in [0.25, 0.3) is 28.0 Å². The Bertz CT molecular complexity index is 2530. The van der Waals surface area contributed by atoms with E-state index in [4.69, 9.17) is 16.3 Å². The lowest BCUT2D eigenvalue weighted by molar-refractivity contribution is -0.384. The number of fused-ring (bicyclic) bond motifs is 1. The highest BCUT2D eigenvalue weighted by molar-refractivity contribution is 7.90. The molecule has 5 aromatic rings. The molecular weight excluding hydrogens is 811 g/mol. The fourth-order valence-electron chi connectivity index (χ4n) is 7.38. The van der Waals surface area contributed by atoms with Gasteiger partial charge in [0.05, 0.1) is 21.6 Å². The first-order valence-corrected chi connectivity index (χ1v) is 20.6. The number of ether oxygens (including phenoxy) is 1. The summed E-state index contributed by atoms with van der Waals surface area (Å²) in [4.78, 5) is 35.5. The van der Waals surface area contributed by atoms with Crippen LogP contribution >= 0.6 is 11.6 Å². The van der Waals surface area contributed by atoms with Crippen LogP contribution in [0, 0.1) is 15.5 Å². The van der Waals surface area contributed by atoms with Crippen molar-refractivity contribution in [3.8, 4) is 11.5 Å². The molecule has 3 N–H and O–H groups in total. The summed E-state index contributed by atoms with van der Waals surface area (Å²) < 4.78 is 74.2. The molecule has 1 unspecified atom stereocenters. The molecule has 2 aromatic heterocycles. The molecule has 7 rings (SSSR count). The summed E-state index contributed by atoms with van der Waals surface area (Å²) in [6.07, 6.45) is -0.204. The normalized spacial score (nSPS) is 16.6. The molecule has 1 fully saturated rings. The molecule has 0 saturated carbocycles. The third-order valence-corrected chi connectivity index (χ3v) is 12.1. The number of aromatic amines is 1. The van der Waals surface area contributed by atoms with Gasteiger partial charge >= 0.3 is 0 Å². The van der Waals surface area contributed by atoms with Crippen molar-refractivity contribution in [1.82, 2.24) is 19.6 Å². The topological polar surface area (TPSA) is 163 Å². The van der Waals surface area contributed by atoms with E-state index >= 15 is 0 Å². The van der Waals surface area contributed by atoms with Gasteiger partial charge in [-0.15, -0.1) is 0 Å². The fourth-order valence-corrected chi connectivity index (χ4v) is 8.49. The van der Waals surface area contributed by atoms with E-state index in [0.717, 1.165) is 62.1 Å². The molecule has 0 spiro atoms. The van der Waals surface area contributed by atoms with Gasteiger partial charge in [-0.1, -0.05) is 43.2 Å². The first-order chi connectivity index (χ1) is 28.0. The van der Waals surface area contributed by atoms with Crippen LogP contribution in [0.4, 0.5) is 30.2 Å². The maximum Gasteiger partial charge on any atom is 0.293 e. The molecule has 1 amide bonds. The number of amides is 1. The molecule has 0 bridgehead atoms. The van der Waals surface area contributed by atoms with Gasteiger partial charge in [0.15, 0.2) is 0 Å². The number of benzene rings is 3. The number of nitro benzene ring substituents is 1. The van der Waals surface area contributed by atoms with E-state index in [-0.39, 0.29) is 22.5 Å². The number of nitrogens with one attached hydrogen (secondary N) is 3. The van der Waals surface area contributed by atoms with Crippen LogP contribution in [-0.4, -0.2) is 79.6 Å². The van der Waals surface area contributed by atoms with Crippen LogP contribution < -0.4 is 19.7 Å². The number of anilines is 2. The zero-order valence-electron chi connectivity index (χ0n) is 32.1. The summed E-state index contributed by atoms with van der Waals surface area (Å²) >= 11 is 6.21. The lowest BCUT2D eigenvalue weighted by Gasteiger charge is -2.39. The SMILES string of the molecule is CC1(C)CCC(CN2CCN(c3ccc(C(=O)NS(=O)(=O)c4ccc(NC(F)C(F)F)c([N+](=O)[O-])c4)c(Oc4cnc5[nH]ccc5c4)c3)CC2)=C(c2ccc(Cl)cc2)C1. The van der Waals surface area contributed by atoms with Gasteiger partial charge in [0.1, 0.15) is 22.8 Å². The maximum absolute atomic E-state index is 13.7. The zero-order chi connectivity index (χ0) is 42.1. The molecule has 13 nitrogen and oxygen atoms in total. The number of pyridine rings is 1. The quantitative estimate of drug-likeness (QED) is 0.0593. The molecule has 3 aromatic carbocycles. The van der Waals surface area contributed by atoms with Crippen LogP contribution in [0.15, 0.2) is 95.7 Å². The third-order valence-electron chi connectivity index (χ3n) is 10.6. The number of carbonyl (C=O) groups excluding carboxylic acids is 1. The van der Waals surface area contributed by atoms with Crippen LogP contribution in [-0.2, 0) is 10.0 Å². The highest BCUT2D eigenvalue weighted by Crippen LogP contribution is 2.43. The van der Waals surface area contributed by atoms with E-state index < -0.39 is 49.8 Å². The number of hydrogen-bond donors (Lipinski definition) is 3. The molecule has 1 saturated heterocycles. The Morgan fingerprint density at radius 1 is 1.03 bits per heavy atom. The molecular formula is C41H41ClF3N7O6S. The Kier molecular flexibility index (Phi) is 11.9. The predicted molar refractivity (Wildman–Crippen MR) is 220 cm³/mol. The summed E-state index contributed by atoms with van der Waals surface area (Å²) in [5.41, 5.74) is 3.68. The number of aromatic nitrogens is 2. The van der Waals surface area contributed by atoms with Gasteiger partial charge in [0, 0.05) is 67.1 Å². The van der Waals surface area contributed by atoms with Crippen molar-refractivity contribution in [2.24, 2.45) is 5.41 Å². The Morgan fingerprint density at radius 3 is 2.49 bits per heavy atom. The Morgan fingerprint density at radius 2 is 1.78 bits per heavy atom. The minimum Gasteiger partial charge on any atom is -0.455 e. The smallest absolute Gasteiger partial charge is 0.293 e. The second kappa shape index (κ2) is 16.9. The summed E-state index contributed by atoms with van der Waals surface area (Å²) in [7, 11) is -4.79. The number of allylic oxidation sites excluding steroid dienone is 1. The van der Waals surface area contributed by atoms with Crippen LogP contribution in [0.3, 0.4) is 0 Å². The molecule has 2 aliphatic rings. The van der Waals surface area contributed by atoms with E-state index in [2.05, 4.69) is 45.7 Å².